The number of fused-ring (bicyclic) bond motifs is 1. The molecule has 0 unspecified atom stereocenters. The average Bonchev–Trinajstić information content (AvgIpc) is 3.16. The van der Waals surface area contributed by atoms with Gasteiger partial charge in [-0.2, -0.15) is 13.2 Å². The first-order valence-corrected chi connectivity index (χ1v) is 14.2. The van der Waals surface area contributed by atoms with E-state index in [1.54, 1.807) is 10.6 Å². The van der Waals surface area contributed by atoms with Gasteiger partial charge in [-0.3, -0.25) is 0 Å². The normalized spacial score (nSPS) is 15.3. The topological polar surface area (TPSA) is 51.9 Å². The standard InChI is InChI=1S/C26H34F3N4O2Si/c1-18-19(7-6-8-20(18)26(27,28)29)17-22-21(11-14-35-36(5)25(2,3)4)30-23-9-10-24(31-33(22)23)32-12-15-34-16-13-32/h6-10H,11-17H2,1-5H3. The fourth-order valence-electron chi connectivity index (χ4n) is 4.23. The first-order valence-electron chi connectivity index (χ1n) is 12.3. The van der Waals surface area contributed by atoms with E-state index in [-0.39, 0.29) is 10.6 Å². The molecule has 1 saturated heterocycles. The Labute approximate surface area is 212 Å². The molecule has 3 aromatic rings. The lowest BCUT2D eigenvalue weighted by molar-refractivity contribution is -0.138. The summed E-state index contributed by atoms with van der Waals surface area (Å²) in [7, 11) is -1.02. The monoisotopic (exact) mass is 519 g/mol. The third-order valence-corrected chi connectivity index (χ3v) is 9.55. The summed E-state index contributed by atoms with van der Waals surface area (Å²) in [6, 6.07) is 8.23. The van der Waals surface area contributed by atoms with Crippen LogP contribution in [-0.2, 0) is 28.2 Å². The lowest BCUT2D eigenvalue weighted by atomic mass is 9.97. The van der Waals surface area contributed by atoms with Crippen LogP contribution in [-0.4, -0.2) is 56.5 Å². The summed E-state index contributed by atoms with van der Waals surface area (Å²) in [6.07, 6.45) is -3.53. The third-order valence-electron chi connectivity index (χ3n) is 6.80. The molecule has 0 bridgehead atoms. The van der Waals surface area contributed by atoms with E-state index in [2.05, 4.69) is 32.2 Å². The Hall–Kier alpha value is -2.43. The van der Waals surface area contributed by atoms with E-state index < -0.39 is 20.8 Å². The van der Waals surface area contributed by atoms with Gasteiger partial charge in [0.1, 0.15) is 5.82 Å². The van der Waals surface area contributed by atoms with Gasteiger partial charge in [-0.1, -0.05) is 32.9 Å². The number of aromatic nitrogens is 3. The molecule has 0 aliphatic carbocycles. The van der Waals surface area contributed by atoms with Crippen molar-refractivity contribution in [2.45, 2.75) is 58.3 Å². The minimum absolute atomic E-state index is 0.107. The minimum atomic E-state index is -4.40. The zero-order valence-electron chi connectivity index (χ0n) is 21.6. The van der Waals surface area contributed by atoms with E-state index in [0.717, 1.165) is 36.4 Å². The first kappa shape index (κ1) is 26.6. The molecule has 0 atom stereocenters. The number of ether oxygens (including phenoxy) is 1. The van der Waals surface area contributed by atoms with Gasteiger partial charge in [0.2, 0.25) is 9.04 Å². The largest absolute Gasteiger partial charge is 0.416 e. The van der Waals surface area contributed by atoms with Gasteiger partial charge in [0.15, 0.2) is 5.65 Å². The maximum Gasteiger partial charge on any atom is 0.416 e. The smallest absolute Gasteiger partial charge is 0.416 e. The number of benzene rings is 1. The number of morpholine rings is 1. The van der Waals surface area contributed by atoms with Gasteiger partial charge in [0.25, 0.3) is 0 Å². The van der Waals surface area contributed by atoms with Crippen LogP contribution in [0.1, 0.15) is 48.8 Å². The van der Waals surface area contributed by atoms with Crippen LogP contribution in [0.25, 0.3) is 5.65 Å². The van der Waals surface area contributed by atoms with Crippen LogP contribution in [0.3, 0.4) is 0 Å². The highest BCUT2D eigenvalue weighted by Crippen LogP contribution is 2.34. The van der Waals surface area contributed by atoms with Gasteiger partial charge in [-0.15, -0.1) is 5.10 Å². The minimum Gasteiger partial charge on any atom is -0.416 e. The van der Waals surface area contributed by atoms with Gasteiger partial charge in [0, 0.05) is 32.5 Å². The lowest BCUT2D eigenvalue weighted by Gasteiger charge is -2.27. The molecule has 0 N–H and O–H groups in total. The predicted molar refractivity (Wildman–Crippen MR) is 136 cm³/mol. The Bertz CT molecular complexity index is 1200. The van der Waals surface area contributed by atoms with Crippen molar-refractivity contribution in [3.05, 3.63) is 58.4 Å². The second kappa shape index (κ2) is 10.5. The maximum absolute atomic E-state index is 13.6. The third kappa shape index (κ3) is 5.92. The van der Waals surface area contributed by atoms with Crippen molar-refractivity contribution in [2.75, 3.05) is 37.8 Å². The second-order valence-electron chi connectivity index (χ2n) is 10.2. The number of anilines is 1. The molecular weight excluding hydrogens is 485 g/mol. The van der Waals surface area contributed by atoms with Crippen LogP contribution in [0.4, 0.5) is 19.0 Å². The van der Waals surface area contributed by atoms with E-state index in [0.29, 0.717) is 43.9 Å². The average molecular weight is 520 g/mol. The van der Waals surface area contributed by atoms with Crippen molar-refractivity contribution in [2.24, 2.45) is 0 Å². The highest BCUT2D eigenvalue weighted by atomic mass is 28.3. The summed E-state index contributed by atoms with van der Waals surface area (Å²) in [4.78, 5) is 6.97. The lowest BCUT2D eigenvalue weighted by Crippen LogP contribution is -2.37. The molecule has 1 radical (unpaired) electrons. The molecule has 2 aromatic heterocycles. The van der Waals surface area contributed by atoms with Gasteiger partial charge >= 0.3 is 6.18 Å². The molecule has 1 aliphatic rings. The summed E-state index contributed by atoms with van der Waals surface area (Å²) >= 11 is 0. The molecule has 1 aromatic carbocycles. The molecule has 36 heavy (non-hydrogen) atoms. The van der Waals surface area contributed by atoms with E-state index in [1.807, 2.05) is 12.1 Å². The fraction of sp³-hybridized carbons (Fsp3) is 0.538. The van der Waals surface area contributed by atoms with E-state index in [9.17, 15) is 13.2 Å². The van der Waals surface area contributed by atoms with Crippen LogP contribution >= 0.6 is 0 Å². The summed E-state index contributed by atoms with van der Waals surface area (Å²) in [6.45, 7) is 13.5. The zero-order valence-corrected chi connectivity index (χ0v) is 22.6. The Morgan fingerprint density at radius 1 is 1.08 bits per heavy atom. The summed E-state index contributed by atoms with van der Waals surface area (Å²) in [5.41, 5.74) is 2.53. The number of hydrogen-bond donors (Lipinski definition) is 0. The van der Waals surface area contributed by atoms with Crippen molar-refractivity contribution < 1.29 is 22.3 Å². The molecule has 0 saturated carbocycles. The highest BCUT2D eigenvalue weighted by molar-refractivity contribution is 6.53. The number of alkyl halides is 3. The molecule has 4 rings (SSSR count). The number of hydrogen-bond acceptors (Lipinski definition) is 5. The van der Waals surface area contributed by atoms with E-state index in [1.165, 1.54) is 13.0 Å². The molecule has 0 amide bonds. The van der Waals surface area contributed by atoms with Crippen molar-refractivity contribution in [1.29, 1.82) is 0 Å². The van der Waals surface area contributed by atoms with Crippen LogP contribution in [0.2, 0.25) is 11.6 Å². The summed E-state index contributed by atoms with van der Waals surface area (Å²) in [5.74, 6) is 0.805. The van der Waals surface area contributed by atoms with Crippen molar-refractivity contribution in [1.82, 2.24) is 14.6 Å². The van der Waals surface area contributed by atoms with E-state index >= 15 is 0 Å². The molecule has 1 fully saturated rings. The quantitative estimate of drug-likeness (QED) is 0.388. The number of rotatable bonds is 7. The highest BCUT2D eigenvalue weighted by Gasteiger charge is 2.33. The Kier molecular flexibility index (Phi) is 7.77. The van der Waals surface area contributed by atoms with Crippen LogP contribution in [0.15, 0.2) is 30.3 Å². The first-order chi connectivity index (χ1) is 16.9. The van der Waals surface area contributed by atoms with Crippen LogP contribution < -0.4 is 4.90 Å². The van der Waals surface area contributed by atoms with Gasteiger partial charge in [-0.25, -0.2) is 9.50 Å². The van der Waals surface area contributed by atoms with Crippen molar-refractivity contribution >= 4 is 20.5 Å². The Balaban J connectivity index is 1.71. The maximum atomic E-state index is 13.6. The van der Waals surface area contributed by atoms with Gasteiger partial charge in [0.05, 0.1) is 30.2 Å². The summed E-state index contributed by atoms with van der Waals surface area (Å²) in [5, 5.41) is 4.97. The fourth-order valence-corrected chi connectivity index (χ4v) is 5.07. The van der Waals surface area contributed by atoms with Gasteiger partial charge in [-0.05, 0) is 47.8 Å². The Morgan fingerprint density at radius 2 is 1.81 bits per heavy atom. The second-order valence-corrected chi connectivity index (χ2v) is 13.1. The molecular formula is C26H34F3N4O2Si. The molecule has 0 spiro atoms. The van der Waals surface area contributed by atoms with Crippen molar-refractivity contribution in [3.63, 3.8) is 0 Å². The molecule has 10 heteroatoms. The molecule has 6 nitrogen and oxygen atoms in total. The molecule has 195 valence electrons. The molecule has 1 aliphatic heterocycles. The number of halogens is 3. The van der Waals surface area contributed by atoms with Crippen LogP contribution in [0, 0.1) is 6.92 Å². The SMILES string of the molecule is Cc1c(Cc2c(CCO[Si](C)C(C)(C)C)nc3ccc(N4CCOCC4)nn23)cccc1C(F)(F)F. The van der Waals surface area contributed by atoms with Crippen LogP contribution in [0.5, 0.6) is 0 Å². The zero-order chi connectivity index (χ0) is 26.1. The van der Waals surface area contributed by atoms with E-state index in [4.69, 9.17) is 19.2 Å². The summed E-state index contributed by atoms with van der Waals surface area (Å²) < 4.78 is 54.2. The predicted octanol–water partition coefficient (Wildman–Crippen LogP) is 5.46. The Morgan fingerprint density at radius 3 is 2.47 bits per heavy atom. The number of nitrogens with zero attached hydrogens (tertiary/aromatic N) is 4. The van der Waals surface area contributed by atoms with Crippen molar-refractivity contribution in [3.8, 4) is 0 Å². The number of imidazole rings is 1. The van der Waals surface area contributed by atoms with Gasteiger partial charge < -0.3 is 14.1 Å². The molecule has 3 heterocycles.